The molecule has 0 bridgehead atoms. The second kappa shape index (κ2) is 6.55. The zero-order chi connectivity index (χ0) is 16.3. The zero-order valence-corrected chi connectivity index (χ0v) is 13.4. The third-order valence-electron chi connectivity index (χ3n) is 3.78. The van der Waals surface area contributed by atoms with E-state index in [9.17, 15) is 13.2 Å². The van der Waals surface area contributed by atoms with Crippen LogP contribution in [0.5, 0.6) is 0 Å². The number of amides is 1. The molecular weight excluding hydrogens is 316 g/mol. The summed E-state index contributed by atoms with van der Waals surface area (Å²) in [6.45, 7) is 0.953. The van der Waals surface area contributed by atoms with Crippen molar-refractivity contribution in [1.82, 2.24) is 4.72 Å². The van der Waals surface area contributed by atoms with Crippen molar-refractivity contribution >= 4 is 21.6 Å². The highest BCUT2D eigenvalue weighted by Crippen LogP contribution is 2.22. The Hall–Kier alpha value is -2.12. The first-order valence-corrected chi connectivity index (χ1v) is 8.97. The lowest BCUT2D eigenvalue weighted by molar-refractivity contribution is -0.117. The van der Waals surface area contributed by atoms with Gasteiger partial charge in [0.15, 0.2) is 0 Å². The molecule has 6 nitrogen and oxygen atoms in total. The van der Waals surface area contributed by atoms with E-state index in [1.807, 2.05) is 0 Å². The van der Waals surface area contributed by atoms with Crippen LogP contribution >= 0.6 is 0 Å². The first kappa shape index (κ1) is 15.8. The van der Waals surface area contributed by atoms with Crippen LogP contribution in [0.4, 0.5) is 5.69 Å². The van der Waals surface area contributed by atoms with E-state index in [1.54, 1.807) is 35.4 Å². The third kappa shape index (κ3) is 3.62. The van der Waals surface area contributed by atoms with E-state index in [1.165, 1.54) is 12.1 Å². The number of nitrogens with zero attached hydrogens (tertiary/aromatic N) is 1. The minimum atomic E-state index is -3.56. The van der Waals surface area contributed by atoms with Crippen LogP contribution in [-0.4, -0.2) is 27.4 Å². The van der Waals surface area contributed by atoms with Crippen LogP contribution in [0.25, 0.3) is 0 Å². The first-order chi connectivity index (χ1) is 11.1. The monoisotopic (exact) mass is 334 g/mol. The number of benzene rings is 1. The van der Waals surface area contributed by atoms with Gasteiger partial charge < -0.3 is 9.32 Å². The minimum Gasteiger partial charge on any atom is -0.469 e. The maximum absolute atomic E-state index is 12.2. The summed E-state index contributed by atoms with van der Waals surface area (Å²) < 4.78 is 32.2. The molecule has 0 aliphatic carbocycles. The second-order valence-electron chi connectivity index (χ2n) is 5.37. The SMILES string of the molecule is O=C1CCCN1c1ccc(S(=O)(=O)NCCc2ccco2)cc1. The number of hydrogen-bond acceptors (Lipinski definition) is 4. The summed E-state index contributed by atoms with van der Waals surface area (Å²) >= 11 is 0. The molecule has 0 radical (unpaired) electrons. The van der Waals surface area contributed by atoms with Gasteiger partial charge in [0.05, 0.1) is 11.2 Å². The molecule has 0 spiro atoms. The molecule has 1 aliphatic rings. The van der Waals surface area contributed by atoms with Gasteiger partial charge in [-0.25, -0.2) is 13.1 Å². The summed E-state index contributed by atoms with van der Waals surface area (Å²) in [5.74, 6) is 0.813. The van der Waals surface area contributed by atoms with E-state index in [4.69, 9.17) is 4.42 Å². The van der Waals surface area contributed by atoms with Gasteiger partial charge in [-0.05, 0) is 42.8 Å². The summed E-state index contributed by atoms with van der Waals surface area (Å²) in [4.78, 5) is 13.6. The molecular formula is C16H18N2O4S. The van der Waals surface area contributed by atoms with Crippen LogP contribution in [0, 0.1) is 0 Å². The topological polar surface area (TPSA) is 79.6 Å². The van der Waals surface area contributed by atoms with E-state index in [-0.39, 0.29) is 17.3 Å². The van der Waals surface area contributed by atoms with Gasteiger partial charge >= 0.3 is 0 Å². The molecule has 2 aromatic rings. The maximum atomic E-state index is 12.2. The van der Waals surface area contributed by atoms with Crippen LogP contribution in [0.2, 0.25) is 0 Å². The number of anilines is 1. The highest BCUT2D eigenvalue weighted by Gasteiger charge is 2.22. The fourth-order valence-corrected chi connectivity index (χ4v) is 3.60. The summed E-state index contributed by atoms with van der Waals surface area (Å²) in [6.07, 6.45) is 3.44. The smallest absolute Gasteiger partial charge is 0.240 e. The first-order valence-electron chi connectivity index (χ1n) is 7.49. The van der Waals surface area contributed by atoms with Gasteiger partial charge in [-0.15, -0.1) is 0 Å². The molecule has 1 saturated heterocycles. The fourth-order valence-electron chi connectivity index (χ4n) is 2.57. The molecule has 1 amide bonds. The van der Waals surface area contributed by atoms with E-state index in [0.29, 0.717) is 19.4 Å². The molecule has 0 saturated carbocycles. The molecule has 0 unspecified atom stereocenters. The molecule has 1 fully saturated rings. The molecule has 2 heterocycles. The Morgan fingerprint density at radius 2 is 1.96 bits per heavy atom. The lowest BCUT2D eigenvalue weighted by Gasteiger charge is -2.16. The van der Waals surface area contributed by atoms with Crippen molar-refractivity contribution < 1.29 is 17.6 Å². The predicted octanol–water partition coefficient (Wildman–Crippen LogP) is 1.93. The van der Waals surface area contributed by atoms with Crippen LogP contribution in [-0.2, 0) is 21.2 Å². The lowest BCUT2D eigenvalue weighted by Crippen LogP contribution is -2.26. The van der Waals surface area contributed by atoms with Gasteiger partial charge in [0.1, 0.15) is 5.76 Å². The Balaban J connectivity index is 1.64. The van der Waals surface area contributed by atoms with Crippen molar-refractivity contribution in [3.63, 3.8) is 0 Å². The van der Waals surface area contributed by atoms with Crippen molar-refractivity contribution in [2.24, 2.45) is 0 Å². The third-order valence-corrected chi connectivity index (χ3v) is 5.25. The van der Waals surface area contributed by atoms with Crippen molar-refractivity contribution in [2.75, 3.05) is 18.0 Å². The fraction of sp³-hybridized carbons (Fsp3) is 0.312. The molecule has 1 aromatic carbocycles. The van der Waals surface area contributed by atoms with E-state index >= 15 is 0 Å². The number of carbonyl (C=O) groups excluding carboxylic acids is 1. The number of furan rings is 1. The maximum Gasteiger partial charge on any atom is 0.240 e. The highest BCUT2D eigenvalue weighted by atomic mass is 32.2. The zero-order valence-electron chi connectivity index (χ0n) is 12.6. The average Bonchev–Trinajstić information content (AvgIpc) is 3.19. The predicted molar refractivity (Wildman–Crippen MR) is 85.6 cm³/mol. The van der Waals surface area contributed by atoms with Gasteiger partial charge in [0, 0.05) is 31.6 Å². The van der Waals surface area contributed by atoms with Crippen LogP contribution in [0.15, 0.2) is 52.0 Å². The number of hydrogen-bond donors (Lipinski definition) is 1. The second-order valence-corrected chi connectivity index (χ2v) is 7.14. The summed E-state index contributed by atoms with van der Waals surface area (Å²) in [5.41, 5.74) is 0.738. The molecule has 7 heteroatoms. The Morgan fingerprint density at radius 1 is 1.17 bits per heavy atom. The normalized spacial score (nSPS) is 15.3. The van der Waals surface area contributed by atoms with E-state index in [0.717, 1.165) is 17.9 Å². The Kier molecular flexibility index (Phi) is 4.49. The highest BCUT2D eigenvalue weighted by molar-refractivity contribution is 7.89. The largest absolute Gasteiger partial charge is 0.469 e. The van der Waals surface area contributed by atoms with Crippen LogP contribution in [0.3, 0.4) is 0 Å². The Morgan fingerprint density at radius 3 is 2.57 bits per heavy atom. The molecule has 0 atom stereocenters. The molecule has 23 heavy (non-hydrogen) atoms. The van der Waals surface area contributed by atoms with Crippen molar-refractivity contribution in [3.8, 4) is 0 Å². The quantitative estimate of drug-likeness (QED) is 0.875. The Bertz CT molecular complexity index is 767. The number of nitrogens with one attached hydrogen (secondary N) is 1. The molecule has 1 N–H and O–H groups in total. The standard InChI is InChI=1S/C16H18N2O4S/c19-16-4-1-11-18(16)13-5-7-15(8-6-13)23(20,21)17-10-9-14-3-2-12-22-14/h2-3,5-8,12,17H,1,4,9-11H2. The molecule has 1 aromatic heterocycles. The summed E-state index contributed by atoms with van der Waals surface area (Å²) in [5, 5.41) is 0. The summed E-state index contributed by atoms with van der Waals surface area (Å²) in [7, 11) is -3.56. The van der Waals surface area contributed by atoms with Crippen molar-refractivity contribution in [2.45, 2.75) is 24.2 Å². The van der Waals surface area contributed by atoms with Gasteiger partial charge in [-0.2, -0.15) is 0 Å². The van der Waals surface area contributed by atoms with Crippen molar-refractivity contribution in [3.05, 3.63) is 48.4 Å². The number of rotatable bonds is 6. The minimum absolute atomic E-state index is 0.0807. The number of carbonyl (C=O) groups is 1. The van der Waals surface area contributed by atoms with Gasteiger partial charge in [0.25, 0.3) is 0 Å². The van der Waals surface area contributed by atoms with Gasteiger partial charge in [-0.1, -0.05) is 0 Å². The van der Waals surface area contributed by atoms with Crippen LogP contribution in [0.1, 0.15) is 18.6 Å². The molecule has 3 rings (SSSR count). The average molecular weight is 334 g/mol. The Labute approximate surface area is 135 Å². The van der Waals surface area contributed by atoms with Gasteiger partial charge in [0.2, 0.25) is 15.9 Å². The van der Waals surface area contributed by atoms with Crippen molar-refractivity contribution in [1.29, 1.82) is 0 Å². The van der Waals surface area contributed by atoms with Crippen LogP contribution < -0.4 is 9.62 Å². The van der Waals surface area contributed by atoms with E-state index < -0.39 is 10.0 Å². The van der Waals surface area contributed by atoms with E-state index in [2.05, 4.69) is 4.72 Å². The number of sulfonamides is 1. The molecule has 1 aliphatic heterocycles. The summed E-state index contributed by atoms with van der Waals surface area (Å²) in [6, 6.07) is 9.96. The lowest BCUT2D eigenvalue weighted by atomic mass is 10.3. The van der Waals surface area contributed by atoms with Gasteiger partial charge in [-0.3, -0.25) is 4.79 Å². The molecule has 122 valence electrons.